The van der Waals surface area contributed by atoms with E-state index in [-0.39, 0.29) is 17.4 Å². The topological polar surface area (TPSA) is 91.0 Å². The van der Waals surface area contributed by atoms with Crippen LogP contribution in [0.4, 0.5) is 11.4 Å². The quantitative estimate of drug-likeness (QED) is 0.122. The number of thioether (sulfide) groups is 1. The fourth-order valence-electron chi connectivity index (χ4n) is 2.06. The molecule has 0 aliphatic rings. The summed E-state index contributed by atoms with van der Waals surface area (Å²) in [7, 11) is 1.47. The third-order valence-electron chi connectivity index (χ3n) is 3.27. The Kier molecular flexibility index (Phi) is 7.57. The van der Waals surface area contributed by atoms with Gasteiger partial charge in [0.05, 0.1) is 23.5 Å². The zero-order valence-electron chi connectivity index (χ0n) is 14.7. The fourth-order valence-corrected chi connectivity index (χ4v) is 2.57. The Hall–Kier alpha value is -3.13. The molecule has 0 bridgehead atoms. The lowest BCUT2D eigenvalue weighted by Gasteiger charge is -2.09. The molecule has 27 heavy (non-hydrogen) atoms. The van der Waals surface area contributed by atoms with Crippen molar-refractivity contribution < 1.29 is 19.2 Å². The number of nitrogens with zero attached hydrogens (tertiary/aromatic N) is 2. The molecule has 0 radical (unpaired) electrons. The molecule has 0 aliphatic heterocycles. The molecular formula is C19H18N2O5S. The molecule has 0 atom stereocenters. The molecule has 2 aromatic carbocycles. The Labute approximate surface area is 160 Å². The highest BCUT2D eigenvalue weighted by Gasteiger charge is 2.11. The first-order valence-electron chi connectivity index (χ1n) is 7.89. The molecule has 0 spiro atoms. The van der Waals surface area contributed by atoms with Crippen LogP contribution < -0.4 is 9.47 Å². The summed E-state index contributed by atoms with van der Waals surface area (Å²) in [5.41, 5.74) is 1.12. The van der Waals surface area contributed by atoms with E-state index in [1.54, 1.807) is 42.6 Å². The molecule has 0 fully saturated rings. The average Bonchev–Trinajstić information content (AvgIpc) is 2.67. The normalized spacial score (nSPS) is 10.6. The standard InChI is InChI=1S/C19H18N2O5S/c1-3-9-27-13-19(22)26-17-8-7-14(10-18(17)25-2)12-20-15-5-4-6-16(11-15)21(23)24/h3-8,10-12H,1,9,13H2,2H3. The smallest absolute Gasteiger partial charge is 0.321 e. The van der Waals surface area contributed by atoms with Crippen molar-refractivity contribution in [2.24, 2.45) is 4.99 Å². The molecular weight excluding hydrogens is 368 g/mol. The van der Waals surface area contributed by atoms with Crippen molar-refractivity contribution >= 4 is 35.3 Å². The van der Waals surface area contributed by atoms with Gasteiger partial charge in [-0.15, -0.1) is 18.3 Å². The van der Waals surface area contributed by atoms with Crippen molar-refractivity contribution in [3.05, 3.63) is 70.8 Å². The first-order chi connectivity index (χ1) is 13.0. The molecule has 7 nitrogen and oxygen atoms in total. The van der Waals surface area contributed by atoms with E-state index in [9.17, 15) is 14.9 Å². The Balaban J connectivity index is 2.11. The number of ether oxygens (including phenoxy) is 2. The number of non-ortho nitro benzene ring substituents is 1. The van der Waals surface area contributed by atoms with E-state index in [1.165, 1.54) is 31.0 Å². The summed E-state index contributed by atoms with van der Waals surface area (Å²) >= 11 is 1.40. The van der Waals surface area contributed by atoms with Gasteiger partial charge in [-0.25, -0.2) is 0 Å². The minimum Gasteiger partial charge on any atom is -0.493 e. The van der Waals surface area contributed by atoms with Gasteiger partial charge in [0.2, 0.25) is 0 Å². The molecule has 140 valence electrons. The molecule has 0 saturated heterocycles. The number of carbonyl (C=O) groups is 1. The zero-order valence-corrected chi connectivity index (χ0v) is 15.5. The Morgan fingerprint density at radius 1 is 1.30 bits per heavy atom. The Bertz CT molecular complexity index is 867. The number of hydrogen-bond donors (Lipinski definition) is 0. The largest absolute Gasteiger partial charge is 0.493 e. The third-order valence-corrected chi connectivity index (χ3v) is 4.18. The summed E-state index contributed by atoms with van der Waals surface area (Å²) in [6.07, 6.45) is 3.27. The summed E-state index contributed by atoms with van der Waals surface area (Å²) < 4.78 is 10.6. The van der Waals surface area contributed by atoms with E-state index < -0.39 is 4.92 Å². The van der Waals surface area contributed by atoms with Crippen molar-refractivity contribution in [3.63, 3.8) is 0 Å². The van der Waals surface area contributed by atoms with Crippen molar-refractivity contribution in [2.45, 2.75) is 0 Å². The lowest BCUT2D eigenvalue weighted by Crippen LogP contribution is -2.11. The molecule has 0 heterocycles. The predicted octanol–water partition coefficient (Wildman–Crippen LogP) is 4.18. The van der Waals surface area contributed by atoms with Gasteiger partial charge < -0.3 is 9.47 Å². The fraction of sp³-hybridized carbons (Fsp3) is 0.158. The molecule has 0 amide bonds. The van der Waals surface area contributed by atoms with Gasteiger partial charge in [0.1, 0.15) is 0 Å². The minimum atomic E-state index is -0.474. The maximum atomic E-state index is 11.8. The Morgan fingerprint density at radius 2 is 2.11 bits per heavy atom. The summed E-state index contributed by atoms with van der Waals surface area (Å²) in [6, 6.07) is 11.0. The van der Waals surface area contributed by atoms with Gasteiger partial charge in [-0.2, -0.15) is 0 Å². The van der Waals surface area contributed by atoms with Gasteiger partial charge in [0, 0.05) is 24.1 Å². The second-order valence-corrected chi connectivity index (χ2v) is 6.25. The van der Waals surface area contributed by atoms with Crippen molar-refractivity contribution in [1.29, 1.82) is 0 Å². The summed E-state index contributed by atoms with van der Waals surface area (Å²) in [5, 5.41) is 10.8. The highest BCUT2D eigenvalue weighted by molar-refractivity contribution is 8.00. The van der Waals surface area contributed by atoms with Crippen LogP contribution in [-0.4, -0.2) is 35.7 Å². The second-order valence-electron chi connectivity index (χ2n) is 5.22. The molecule has 0 aliphatic carbocycles. The van der Waals surface area contributed by atoms with Crippen LogP contribution in [-0.2, 0) is 4.79 Å². The van der Waals surface area contributed by atoms with Crippen LogP contribution in [0.5, 0.6) is 11.5 Å². The SMILES string of the molecule is C=CCSCC(=O)Oc1ccc(C=Nc2cccc([N+](=O)[O-])c2)cc1OC. The van der Waals surface area contributed by atoms with E-state index in [1.807, 2.05) is 0 Å². The lowest BCUT2D eigenvalue weighted by molar-refractivity contribution is -0.384. The van der Waals surface area contributed by atoms with Crippen LogP contribution in [0.3, 0.4) is 0 Å². The highest BCUT2D eigenvalue weighted by Crippen LogP contribution is 2.28. The molecule has 2 rings (SSSR count). The van der Waals surface area contributed by atoms with Gasteiger partial charge in [0.15, 0.2) is 11.5 Å². The number of rotatable bonds is 9. The first-order valence-corrected chi connectivity index (χ1v) is 9.05. The zero-order chi connectivity index (χ0) is 19.6. The molecule has 0 aromatic heterocycles. The number of nitro benzene ring substituents is 1. The van der Waals surface area contributed by atoms with Crippen LogP contribution >= 0.6 is 11.8 Å². The van der Waals surface area contributed by atoms with Crippen LogP contribution in [0.2, 0.25) is 0 Å². The van der Waals surface area contributed by atoms with Crippen LogP contribution in [0.1, 0.15) is 5.56 Å². The van der Waals surface area contributed by atoms with Gasteiger partial charge in [-0.1, -0.05) is 12.1 Å². The maximum Gasteiger partial charge on any atom is 0.321 e. The van der Waals surface area contributed by atoms with Gasteiger partial charge in [0.25, 0.3) is 5.69 Å². The number of esters is 1. The highest BCUT2D eigenvalue weighted by atomic mass is 32.2. The summed E-state index contributed by atoms with van der Waals surface area (Å²) in [6.45, 7) is 3.59. The van der Waals surface area contributed by atoms with Crippen LogP contribution in [0.25, 0.3) is 0 Å². The number of aliphatic imine (C=N–C) groups is 1. The molecule has 2 aromatic rings. The molecule has 0 N–H and O–H groups in total. The summed E-state index contributed by atoms with van der Waals surface area (Å²) in [4.78, 5) is 26.4. The number of methoxy groups -OCH3 is 1. The van der Waals surface area contributed by atoms with Crippen LogP contribution in [0, 0.1) is 10.1 Å². The third kappa shape index (κ3) is 6.27. The van der Waals surface area contributed by atoms with E-state index >= 15 is 0 Å². The summed E-state index contributed by atoms with van der Waals surface area (Å²) in [5.74, 6) is 1.21. The average molecular weight is 386 g/mol. The van der Waals surface area contributed by atoms with Gasteiger partial charge in [-0.05, 0) is 29.8 Å². The number of benzene rings is 2. The molecule has 0 saturated carbocycles. The lowest BCUT2D eigenvalue weighted by atomic mass is 10.2. The van der Waals surface area contributed by atoms with Crippen molar-refractivity contribution in [3.8, 4) is 11.5 Å². The van der Waals surface area contributed by atoms with Crippen LogP contribution in [0.15, 0.2) is 60.1 Å². The van der Waals surface area contributed by atoms with E-state index in [2.05, 4.69) is 11.6 Å². The molecule has 8 heteroatoms. The van der Waals surface area contributed by atoms with Gasteiger partial charge in [-0.3, -0.25) is 19.9 Å². The number of nitro groups is 1. The van der Waals surface area contributed by atoms with Crippen molar-refractivity contribution in [2.75, 3.05) is 18.6 Å². The molecule has 0 unspecified atom stereocenters. The van der Waals surface area contributed by atoms with Gasteiger partial charge >= 0.3 is 5.97 Å². The number of hydrogen-bond acceptors (Lipinski definition) is 7. The minimum absolute atomic E-state index is 0.0289. The van der Waals surface area contributed by atoms with E-state index in [4.69, 9.17) is 9.47 Å². The maximum absolute atomic E-state index is 11.8. The van der Waals surface area contributed by atoms with E-state index in [0.29, 0.717) is 28.5 Å². The first kappa shape index (κ1) is 20.2. The Morgan fingerprint density at radius 3 is 2.81 bits per heavy atom. The second kappa shape index (κ2) is 10.1. The van der Waals surface area contributed by atoms with E-state index in [0.717, 1.165) is 0 Å². The van der Waals surface area contributed by atoms with Crippen molar-refractivity contribution in [1.82, 2.24) is 0 Å². The monoisotopic (exact) mass is 386 g/mol. The predicted molar refractivity (Wildman–Crippen MR) is 107 cm³/mol. The number of carbonyl (C=O) groups excluding carboxylic acids is 1.